The molecule has 0 fully saturated rings. The zero-order valence-corrected chi connectivity index (χ0v) is 24.9. The first-order valence-corrected chi connectivity index (χ1v) is 15.3. The molecule has 3 nitrogen and oxygen atoms in total. The van der Waals surface area contributed by atoms with Crippen LogP contribution in [0.1, 0.15) is 5.56 Å². The number of benzene rings is 7. The second-order valence-electron chi connectivity index (χ2n) is 11.4. The van der Waals surface area contributed by atoms with Crippen molar-refractivity contribution in [2.75, 3.05) is 0 Å². The molecule has 214 valence electrons. The molecule has 7 aromatic carbocycles. The first-order valence-electron chi connectivity index (χ1n) is 15.3. The van der Waals surface area contributed by atoms with Gasteiger partial charge in [0.1, 0.15) is 0 Å². The summed E-state index contributed by atoms with van der Waals surface area (Å²) in [6.07, 6.45) is 0. The zero-order chi connectivity index (χ0) is 30.9. The van der Waals surface area contributed by atoms with Gasteiger partial charge in [0.25, 0.3) is 0 Å². The minimum absolute atomic E-state index is 0.687. The molecule has 0 bridgehead atoms. The van der Waals surface area contributed by atoms with Crippen molar-refractivity contribution in [3.05, 3.63) is 169 Å². The lowest BCUT2D eigenvalue weighted by atomic mass is 9.92. The predicted molar refractivity (Wildman–Crippen MR) is 189 cm³/mol. The summed E-state index contributed by atoms with van der Waals surface area (Å²) in [5.41, 5.74) is 9.94. The highest BCUT2D eigenvalue weighted by atomic mass is 14.9. The second kappa shape index (κ2) is 11.6. The smallest absolute Gasteiger partial charge is 0.160 e. The van der Waals surface area contributed by atoms with E-state index in [1.807, 2.05) is 72.8 Å². The van der Waals surface area contributed by atoms with Gasteiger partial charge < -0.3 is 0 Å². The van der Waals surface area contributed by atoms with Gasteiger partial charge in [0.05, 0.1) is 23.0 Å². The Balaban J connectivity index is 1.19. The molecule has 8 aromatic rings. The summed E-state index contributed by atoms with van der Waals surface area (Å²) >= 11 is 0. The third-order valence-electron chi connectivity index (χ3n) is 8.52. The minimum Gasteiger partial charge on any atom is -0.228 e. The Morgan fingerprint density at radius 1 is 0.391 bits per heavy atom. The lowest BCUT2D eigenvalue weighted by Gasteiger charge is -2.12. The summed E-state index contributed by atoms with van der Waals surface area (Å²) in [6.45, 7) is 0. The highest BCUT2D eigenvalue weighted by molar-refractivity contribution is 6.02. The van der Waals surface area contributed by atoms with Crippen LogP contribution in [0.4, 0.5) is 0 Å². The average molecular weight is 586 g/mol. The van der Waals surface area contributed by atoms with E-state index in [1.165, 1.54) is 0 Å². The Bertz CT molecular complexity index is 2350. The van der Waals surface area contributed by atoms with Crippen LogP contribution < -0.4 is 0 Å². The minimum atomic E-state index is 0.687. The molecule has 0 saturated carbocycles. The Morgan fingerprint density at radius 2 is 1.00 bits per heavy atom. The van der Waals surface area contributed by atoms with Crippen molar-refractivity contribution >= 4 is 21.5 Å². The molecule has 8 rings (SSSR count). The number of hydrogen-bond acceptors (Lipinski definition) is 3. The number of aromatic nitrogens is 2. The lowest BCUT2D eigenvalue weighted by molar-refractivity contribution is 1.18. The first kappa shape index (κ1) is 27.2. The van der Waals surface area contributed by atoms with Crippen molar-refractivity contribution in [2.45, 2.75) is 0 Å². The van der Waals surface area contributed by atoms with Crippen molar-refractivity contribution in [3.63, 3.8) is 0 Å². The van der Waals surface area contributed by atoms with E-state index in [2.05, 4.69) is 97.1 Å². The fourth-order valence-electron chi connectivity index (χ4n) is 6.16. The predicted octanol–water partition coefficient (Wildman–Crippen LogP) is 11.0. The van der Waals surface area contributed by atoms with Crippen LogP contribution in [0.25, 0.3) is 77.7 Å². The van der Waals surface area contributed by atoms with E-state index in [9.17, 15) is 5.26 Å². The molecule has 0 amide bonds. The molecule has 0 N–H and O–H groups in total. The zero-order valence-electron chi connectivity index (χ0n) is 24.9. The van der Waals surface area contributed by atoms with Crippen LogP contribution in [-0.4, -0.2) is 9.97 Å². The molecule has 3 heteroatoms. The Hall–Kier alpha value is -6.37. The third kappa shape index (κ3) is 5.09. The molecule has 0 aliphatic rings. The number of hydrogen-bond donors (Lipinski definition) is 0. The monoisotopic (exact) mass is 585 g/mol. The van der Waals surface area contributed by atoms with Crippen molar-refractivity contribution < 1.29 is 0 Å². The van der Waals surface area contributed by atoms with Crippen LogP contribution in [0.15, 0.2) is 164 Å². The summed E-state index contributed by atoms with van der Waals surface area (Å²) in [4.78, 5) is 9.91. The number of nitriles is 1. The Morgan fingerprint density at radius 3 is 1.74 bits per heavy atom. The van der Waals surface area contributed by atoms with Crippen LogP contribution in [0.2, 0.25) is 0 Å². The summed E-state index contributed by atoms with van der Waals surface area (Å²) in [7, 11) is 0. The molecular weight excluding hydrogens is 558 g/mol. The molecule has 0 atom stereocenters. The summed E-state index contributed by atoms with van der Waals surface area (Å²) in [5.74, 6) is 0.705. The van der Waals surface area contributed by atoms with Crippen molar-refractivity contribution in [1.29, 1.82) is 5.26 Å². The highest BCUT2D eigenvalue weighted by Gasteiger charge is 2.12. The van der Waals surface area contributed by atoms with Crippen LogP contribution in [-0.2, 0) is 0 Å². The highest BCUT2D eigenvalue weighted by Crippen LogP contribution is 2.36. The molecule has 1 heterocycles. The maximum atomic E-state index is 9.91. The molecule has 0 spiro atoms. The maximum absolute atomic E-state index is 9.91. The van der Waals surface area contributed by atoms with E-state index in [-0.39, 0.29) is 0 Å². The van der Waals surface area contributed by atoms with Gasteiger partial charge in [0, 0.05) is 16.7 Å². The van der Waals surface area contributed by atoms with Gasteiger partial charge in [0.2, 0.25) is 0 Å². The largest absolute Gasteiger partial charge is 0.228 e. The molecule has 46 heavy (non-hydrogen) atoms. The fourth-order valence-corrected chi connectivity index (χ4v) is 6.16. The second-order valence-corrected chi connectivity index (χ2v) is 11.4. The molecule has 0 unspecified atom stereocenters. The lowest BCUT2D eigenvalue weighted by Crippen LogP contribution is -1.95. The number of rotatable bonds is 5. The van der Waals surface area contributed by atoms with Gasteiger partial charge >= 0.3 is 0 Å². The molecule has 1 aromatic heterocycles. The average Bonchev–Trinajstić information content (AvgIpc) is 3.14. The SMILES string of the molecule is N#Cc1cc(-c2cccc3ccc(-c4ccc(-c5cc(-c6ccccc6)nc(-c6ccccc6)n5)cc4)cc23)cc2ccccc12. The Labute approximate surface area is 267 Å². The third-order valence-corrected chi connectivity index (χ3v) is 8.52. The van der Waals surface area contributed by atoms with Gasteiger partial charge in [-0.15, -0.1) is 0 Å². The van der Waals surface area contributed by atoms with Crippen LogP contribution in [0, 0.1) is 11.3 Å². The van der Waals surface area contributed by atoms with E-state index >= 15 is 0 Å². The molecule has 0 saturated heterocycles. The quantitative estimate of drug-likeness (QED) is 0.202. The first-order chi connectivity index (χ1) is 22.7. The van der Waals surface area contributed by atoms with Crippen LogP contribution in [0.3, 0.4) is 0 Å². The van der Waals surface area contributed by atoms with Crippen molar-refractivity contribution in [2.24, 2.45) is 0 Å². The molecule has 0 aliphatic heterocycles. The van der Waals surface area contributed by atoms with Gasteiger partial charge in [-0.1, -0.05) is 140 Å². The van der Waals surface area contributed by atoms with Crippen LogP contribution >= 0.6 is 0 Å². The standard InChI is InChI=1S/C43H27N3/c44-28-37-25-36(24-35-14-7-8-16-38(35)37)39-17-9-15-30-20-23-34(26-40(30)39)29-18-21-32(22-19-29)42-27-41(31-10-3-1-4-11-31)45-43(46-42)33-12-5-2-6-13-33/h1-27H. The summed E-state index contributed by atoms with van der Waals surface area (Å²) in [6, 6.07) is 58.7. The fraction of sp³-hybridized carbons (Fsp3) is 0. The normalized spacial score (nSPS) is 11.0. The number of nitrogens with zero attached hydrogens (tertiary/aromatic N) is 3. The van der Waals surface area contributed by atoms with Gasteiger partial charge in [-0.2, -0.15) is 5.26 Å². The molecular formula is C43H27N3. The van der Waals surface area contributed by atoms with Crippen LogP contribution in [0.5, 0.6) is 0 Å². The maximum Gasteiger partial charge on any atom is 0.160 e. The Kier molecular flexibility index (Phi) is 6.87. The van der Waals surface area contributed by atoms with E-state index < -0.39 is 0 Å². The topological polar surface area (TPSA) is 49.6 Å². The van der Waals surface area contributed by atoms with Crippen molar-refractivity contribution in [3.8, 4) is 62.2 Å². The van der Waals surface area contributed by atoms with Gasteiger partial charge in [0.15, 0.2) is 5.82 Å². The van der Waals surface area contributed by atoms with E-state index in [1.54, 1.807) is 0 Å². The van der Waals surface area contributed by atoms with Crippen molar-refractivity contribution in [1.82, 2.24) is 9.97 Å². The summed E-state index contributed by atoms with van der Waals surface area (Å²) < 4.78 is 0. The molecule has 0 radical (unpaired) electrons. The van der Waals surface area contributed by atoms with E-state index in [4.69, 9.17) is 9.97 Å². The van der Waals surface area contributed by atoms with Gasteiger partial charge in [-0.25, -0.2) is 9.97 Å². The summed E-state index contributed by atoms with van der Waals surface area (Å²) in [5, 5.41) is 14.3. The van der Waals surface area contributed by atoms with Gasteiger partial charge in [-0.3, -0.25) is 0 Å². The van der Waals surface area contributed by atoms with E-state index in [0.717, 1.165) is 71.9 Å². The van der Waals surface area contributed by atoms with Gasteiger partial charge in [-0.05, 0) is 68.1 Å². The number of fused-ring (bicyclic) bond motifs is 2. The van der Waals surface area contributed by atoms with E-state index in [0.29, 0.717) is 11.4 Å². The molecule has 0 aliphatic carbocycles.